The average molecular weight is 461 g/mol. The largest absolute Gasteiger partial charge is 0.380 e. The van der Waals surface area contributed by atoms with Gasteiger partial charge in [0.25, 0.3) is 0 Å². The molecule has 25 heavy (non-hydrogen) atoms. The van der Waals surface area contributed by atoms with Crippen molar-refractivity contribution in [1.29, 1.82) is 0 Å². The summed E-state index contributed by atoms with van der Waals surface area (Å²) in [5.41, 5.74) is 1.79. The number of ether oxygens (including phenoxy) is 1. The van der Waals surface area contributed by atoms with E-state index in [1.807, 2.05) is 19.2 Å². The Kier molecular flexibility index (Phi) is 10.1. The molecule has 1 aromatic heterocycles. The molecule has 0 amide bonds. The van der Waals surface area contributed by atoms with Gasteiger partial charge in [0, 0.05) is 39.4 Å². The second-order valence-electron chi connectivity index (χ2n) is 5.10. The molecule has 0 aliphatic carbocycles. The standard InChI is InChI=1S/C17H24FN5O.HI/c1-3-24-13-11-21-17(19-2)20-10-8-15-9-12-23(22-15)16-6-4-14(18)5-7-16;/h4-7,9,12H,3,8,10-11,13H2,1-2H3,(H2,19,20,21);1H. The van der Waals surface area contributed by atoms with Gasteiger partial charge in [-0.05, 0) is 37.3 Å². The summed E-state index contributed by atoms with van der Waals surface area (Å²) < 4.78 is 20.0. The molecule has 0 unspecified atom stereocenters. The van der Waals surface area contributed by atoms with Gasteiger partial charge >= 0.3 is 0 Å². The van der Waals surface area contributed by atoms with Crippen molar-refractivity contribution in [2.75, 3.05) is 33.4 Å². The molecule has 1 aromatic carbocycles. The van der Waals surface area contributed by atoms with Gasteiger partial charge in [0.2, 0.25) is 0 Å². The van der Waals surface area contributed by atoms with E-state index in [-0.39, 0.29) is 29.8 Å². The second kappa shape index (κ2) is 11.8. The molecule has 0 saturated heterocycles. The first-order valence-electron chi connectivity index (χ1n) is 8.05. The van der Waals surface area contributed by atoms with Crippen LogP contribution in [-0.4, -0.2) is 49.1 Å². The summed E-state index contributed by atoms with van der Waals surface area (Å²) >= 11 is 0. The first-order chi connectivity index (χ1) is 11.7. The summed E-state index contributed by atoms with van der Waals surface area (Å²) in [7, 11) is 1.74. The van der Waals surface area contributed by atoms with E-state index in [0.717, 1.165) is 30.3 Å². The molecular formula is C17H25FIN5O. The van der Waals surface area contributed by atoms with Gasteiger partial charge in [-0.2, -0.15) is 5.10 Å². The molecule has 2 rings (SSSR count). The molecule has 0 atom stereocenters. The van der Waals surface area contributed by atoms with Crippen LogP contribution in [0.5, 0.6) is 0 Å². The predicted molar refractivity (Wildman–Crippen MR) is 108 cm³/mol. The van der Waals surface area contributed by atoms with Crippen molar-refractivity contribution in [3.05, 3.63) is 48.0 Å². The molecule has 0 saturated carbocycles. The maximum atomic E-state index is 13.0. The first-order valence-corrected chi connectivity index (χ1v) is 8.05. The molecule has 138 valence electrons. The number of guanidine groups is 1. The number of aliphatic imine (C=N–C) groups is 1. The zero-order valence-electron chi connectivity index (χ0n) is 14.5. The van der Waals surface area contributed by atoms with Crippen molar-refractivity contribution >= 4 is 29.9 Å². The quantitative estimate of drug-likeness (QED) is 0.274. The second-order valence-corrected chi connectivity index (χ2v) is 5.10. The van der Waals surface area contributed by atoms with Crippen LogP contribution in [0.1, 0.15) is 12.6 Å². The van der Waals surface area contributed by atoms with Gasteiger partial charge in [-0.25, -0.2) is 9.07 Å². The third-order valence-corrected chi connectivity index (χ3v) is 3.38. The van der Waals surface area contributed by atoms with Gasteiger partial charge in [-0.15, -0.1) is 24.0 Å². The highest BCUT2D eigenvalue weighted by atomic mass is 127. The van der Waals surface area contributed by atoms with Gasteiger partial charge in [0.05, 0.1) is 18.0 Å². The number of rotatable bonds is 8. The summed E-state index contributed by atoms with van der Waals surface area (Å²) in [5, 5.41) is 10.9. The van der Waals surface area contributed by atoms with E-state index in [1.165, 1.54) is 12.1 Å². The molecule has 0 radical (unpaired) electrons. The van der Waals surface area contributed by atoms with Crippen LogP contribution in [0.25, 0.3) is 5.69 Å². The molecule has 2 aromatic rings. The van der Waals surface area contributed by atoms with Crippen LogP contribution >= 0.6 is 24.0 Å². The minimum absolute atomic E-state index is 0. The Morgan fingerprint density at radius 2 is 1.92 bits per heavy atom. The van der Waals surface area contributed by atoms with Crippen molar-refractivity contribution < 1.29 is 9.13 Å². The summed E-state index contributed by atoms with van der Waals surface area (Å²) in [4.78, 5) is 4.16. The normalized spacial score (nSPS) is 11.1. The number of hydrogen-bond donors (Lipinski definition) is 2. The monoisotopic (exact) mass is 461 g/mol. The van der Waals surface area contributed by atoms with Crippen molar-refractivity contribution in [3.8, 4) is 5.69 Å². The van der Waals surface area contributed by atoms with E-state index in [0.29, 0.717) is 19.8 Å². The zero-order chi connectivity index (χ0) is 17.2. The Morgan fingerprint density at radius 3 is 2.60 bits per heavy atom. The molecule has 1 heterocycles. The van der Waals surface area contributed by atoms with Crippen LogP contribution in [0, 0.1) is 5.82 Å². The Labute approximate surface area is 164 Å². The first kappa shape index (κ1) is 21.4. The minimum atomic E-state index is -0.251. The summed E-state index contributed by atoms with van der Waals surface area (Å²) in [6.07, 6.45) is 2.64. The minimum Gasteiger partial charge on any atom is -0.380 e. The topological polar surface area (TPSA) is 63.5 Å². The van der Waals surface area contributed by atoms with Crippen LogP contribution in [0.2, 0.25) is 0 Å². The number of halogens is 2. The molecule has 2 N–H and O–H groups in total. The van der Waals surface area contributed by atoms with Crippen molar-refractivity contribution in [2.24, 2.45) is 4.99 Å². The van der Waals surface area contributed by atoms with Gasteiger partial charge in [-0.3, -0.25) is 4.99 Å². The fourth-order valence-electron chi connectivity index (χ4n) is 2.15. The Morgan fingerprint density at radius 1 is 1.20 bits per heavy atom. The SMILES string of the molecule is CCOCCNC(=NC)NCCc1ccn(-c2ccc(F)cc2)n1.I. The lowest BCUT2D eigenvalue weighted by Gasteiger charge is -2.11. The van der Waals surface area contributed by atoms with Crippen molar-refractivity contribution in [1.82, 2.24) is 20.4 Å². The molecule has 0 spiro atoms. The predicted octanol–water partition coefficient (Wildman–Crippen LogP) is 2.37. The molecule has 6 nitrogen and oxygen atoms in total. The fraction of sp³-hybridized carbons (Fsp3) is 0.412. The lowest BCUT2D eigenvalue weighted by molar-refractivity contribution is 0.152. The maximum absolute atomic E-state index is 13.0. The number of benzene rings is 1. The molecule has 0 fully saturated rings. The zero-order valence-corrected chi connectivity index (χ0v) is 16.9. The Bertz CT molecular complexity index is 645. The fourth-order valence-corrected chi connectivity index (χ4v) is 2.15. The molecule has 0 aliphatic rings. The number of hydrogen-bond acceptors (Lipinski definition) is 3. The van der Waals surface area contributed by atoms with Crippen molar-refractivity contribution in [3.63, 3.8) is 0 Å². The van der Waals surface area contributed by atoms with Crippen LogP contribution in [0.4, 0.5) is 4.39 Å². The van der Waals surface area contributed by atoms with E-state index in [2.05, 4.69) is 20.7 Å². The van der Waals surface area contributed by atoms with E-state index in [4.69, 9.17) is 4.74 Å². The highest BCUT2D eigenvalue weighted by Crippen LogP contribution is 2.09. The Hall–Kier alpha value is -1.68. The molecule has 0 aliphatic heterocycles. The van der Waals surface area contributed by atoms with E-state index in [1.54, 1.807) is 23.9 Å². The maximum Gasteiger partial charge on any atom is 0.191 e. The molecule has 0 bridgehead atoms. The third kappa shape index (κ3) is 7.39. The van der Waals surface area contributed by atoms with Crippen molar-refractivity contribution in [2.45, 2.75) is 13.3 Å². The molecular weight excluding hydrogens is 436 g/mol. The van der Waals surface area contributed by atoms with Gasteiger partial charge < -0.3 is 15.4 Å². The molecule has 8 heteroatoms. The lowest BCUT2D eigenvalue weighted by atomic mass is 10.3. The number of nitrogens with one attached hydrogen (secondary N) is 2. The van der Waals surface area contributed by atoms with E-state index in [9.17, 15) is 4.39 Å². The van der Waals surface area contributed by atoms with E-state index < -0.39 is 0 Å². The van der Waals surface area contributed by atoms with Gasteiger partial charge in [-0.1, -0.05) is 0 Å². The highest BCUT2D eigenvalue weighted by Gasteiger charge is 2.03. The third-order valence-electron chi connectivity index (χ3n) is 3.38. The van der Waals surface area contributed by atoms with Crippen LogP contribution in [0.3, 0.4) is 0 Å². The van der Waals surface area contributed by atoms with Crippen LogP contribution in [-0.2, 0) is 11.2 Å². The number of nitrogens with zero attached hydrogens (tertiary/aromatic N) is 3. The van der Waals surface area contributed by atoms with Gasteiger partial charge in [0.1, 0.15) is 5.82 Å². The Balaban J connectivity index is 0.00000312. The average Bonchev–Trinajstić information content (AvgIpc) is 3.06. The van der Waals surface area contributed by atoms with Crippen LogP contribution in [0.15, 0.2) is 41.5 Å². The van der Waals surface area contributed by atoms with Crippen LogP contribution < -0.4 is 10.6 Å². The smallest absolute Gasteiger partial charge is 0.191 e. The van der Waals surface area contributed by atoms with Gasteiger partial charge in [0.15, 0.2) is 5.96 Å². The lowest BCUT2D eigenvalue weighted by Crippen LogP contribution is -2.39. The summed E-state index contributed by atoms with van der Waals surface area (Å²) in [5.74, 6) is 0.492. The number of aromatic nitrogens is 2. The highest BCUT2D eigenvalue weighted by molar-refractivity contribution is 14.0. The summed E-state index contributed by atoms with van der Waals surface area (Å²) in [6.45, 7) is 4.77. The van der Waals surface area contributed by atoms with E-state index >= 15 is 0 Å². The summed E-state index contributed by atoms with van der Waals surface area (Å²) in [6, 6.07) is 8.21.